The highest BCUT2D eigenvalue weighted by Gasteiger charge is 2.47. The van der Waals surface area contributed by atoms with Gasteiger partial charge in [0.1, 0.15) is 5.76 Å². The van der Waals surface area contributed by atoms with E-state index >= 15 is 0 Å². The molecule has 1 aliphatic carbocycles. The van der Waals surface area contributed by atoms with Crippen LogP contribution in [0.25, 0.3) is 0 Å². The molecule has 4 heteroatoms. The highest BCUT2D eigenvalue weighted by atomic mass is 16.3. The summed E-state index contributed by atoms with van der Waals surface area (Å²) in [6.07, 6.45) is 5.01. The van der Waals surface area contributed by atoms with Gasteiger partial charge in [-0.2, -0.15) is 0 Å². The van der Waals surface area contributed by atoms with Crippen LogP contribution in [0.3, 0.4) is 0 Å². The van der Waals surface area contributed by atoms with Crippen LogP contribution in [0, 0.1) is 5.41 Å². The molecule has 1 aromatic heterocycles. The van der Waals surface area contributed by atoms with Crippen LogP contribution in [0.2, 0.25) is 0 Å². The van der Waals surface area contributed by atoms with Gasteiger partial charge in [-0.25, -0.2) is 0 Å². The van der Waals surface area contributed by atoms with Crippen LogP contribution in [0.5, 0.6) is 0 Å². The molecular formula is C16H26N2O2. The summed E-state index contributed by atoms with van der Waals surface area (Å²) in [5, 5.41) is 13.5. The summed E-state index contributed by atoms with van der Waals surface area (Å²) in [6.45, 7) is 7.48. The molecule has 1 aromatic rings. The third-order valence-electron chi connectivity index (χ3n) is 5.23. The number of nitrogens with one attached hydrogen (secondary N) is 1. The van der Waals surface area contributed by atoms with Gasteiger partial charge < -0.3 is 14.8 Å². The van der Waals surface area contributed by atoms with Crippen molar-refractivity contribution in [3.8, 4) is 0 Å². The quantitative estimate of drug-likeness (QED) is 0.866. The van der Waals surface area contributed by atoms with Gasteiger partial charge in [-0.1, -0.05) is 13.8 Å². The van der Waals surface area contributed by atoms with Crippen LogP contribution in [-0.4, -0.2) is 41.8 Å². The number of hydrogen-bond acceptors (Lipinski definition) is 4. The van der Waals surface area contributed by atoms with Crippen LogP contribution in [0.4, 0.5) is 0 Å². The summed E-state index contributed by atoms with van der Waals surface area (Å²) >= 11 is 0. The molecule has 0 radical (unpaired) electrons. The SMILES string of the molecule is CC1(C)C(O)CC1NCC(c1ccco1)N1CCCC1. The summed E-state index contributed by atoms with van der Waals surface area (Å²) < 4.78 is 5.63. The van der Waals surface area contributed by atoms with Crippen molar-refractivity contribution in [3.63, 3.8) is 0 Å². The largest absolute Gasteiger partial charge is 0.468 e. The van der Waals surface area contributed by atoms with Crippen molar-refractivity contribution in [1.82, 2.24) is 10.2 Å². The summed E-state index contributed by atoms with van der Waals surface area (Å²) in [7, 11) is 0. The van der Waals surface area contributed by atoms with Crippen molar-refractivity contribution in [2.75, 3.05) is 19.6 Å². The van der Waals surface area contributed by atoms with Crippen LogP contribution >= 0.6 is 0 Å². The molecule has 112 valence electrons. The number of aliphatic hydroxyl groups is 1. The molecule has 1 aliphatic heterocycles. The third kappa shape index (κ3) is 2.52. The van der Waals surface area contributed by atoms with E-state index < -0.39 is 0 Å². The van der Waals surface area contributed by atoms with E-state index in [1.807, 2.05) is 6.07 Å². The molecule has 20 heavy (non-hydrogen) atoms. The zero-order valence-corrected chi connectivity index (χ0v) is 12.5. The highest BCUT2D eigenvalue weighted by Crippen LogP contribution is 2.40. The van der Waals surface area contributed by atoms with E-state index in [-0.39, 0.29) is 11.5 Å². The van der Waals surface area contributed by atoms with Gasteiger partial charge >= 0.3 is 0 Å². The molecule has 3 rings (SSSR count). The Morgan fingerprint density at radius 2 is 2.20 bits per heavy atom. The second-order valence-corrected chi connectivity index (χ2v) is 6.81. The van der Waals surface area contributed by atoms with Gasteiger partial charge in [0.05, 0.1) is 18.4 Å². The fourth-order valence-corrected chi connectivity index (χ4v) is 3.45. The smallest absolute Gasteiger partial charge is 0.122 e. The molecule has 1 saturated heterocycles. The van der Waals surface area contributed by atoms with Crippen molar-refractivity contribution < 1.29 is 9.52 Å². The van der Waals surface area contributed by atoms with Crippen LogP contribution in [-0.2, 0) is 0 Å². The molecule has 0 bridgehead atoms. The normalized spacial score (nSPS) is 31.1. The van der Waals surface area contributed by atoms with Gasteiger partial charge in [0.25, 0.3) is 0 Å². The van der Waals surface area contributed by atoms with Gasteiger partial charge in [-0.3, -0.25) is 4.90 Å². The van der Waals surface area contributed by atoms with Crippen LogP contribution in [0.15, 0.2) is 22.8 Å². The zero-order chi connectivity index (χ0) is 14.2. The zero-order valence-electron chi connectivity index (χ0n) is 12.5. The summed E-state index contributed by atoms with van der Waals surface area (Å²) in [6, 6.07) is 4.76. The Hall–Kier alpha value is -0.840. The maximum Gasteiger partial charge on any atom is 0.122 e. The number of nitrogens with zero attached hydrogens (tertiary/aromatic N) is 1. The van der Waals surface area contributed by atoms with Crippen molar-refractivity contribution in [3.05, 3.63) is 24.2 Å². The maximum absolute atomic E-state index is 9.84. The van der Waals surface area contributed by atoms with E-state index in [0.717, 1.165) is 31.8 Å². The number of hydrogen-bond donors (Lipinski definition) is 2. The molecule has 3 atom stereocenters. The molecule has 2 aliphatic rings. The van der Waals surface area contributed by atoms with Gasteiger partial charge in [-0.15, -0.1) is 0 Å². The van der Waals surface area contributed by atoms with Gasteiger partial charge in [0, 0.05) is 18.0 Å². The molecule has 0 aromatic carbocycles. The average Bonchev–Trinajstić information content (AvgIpc) is 3.11. The number of likely N-dealkylation sites (tertiary alicyclic amines) is 1. The molecule has 4 nitrogen and oxygen atoms in total. The van der Waals surface area contributed by atoms with E-state index in [1.54, 1.807) is 6.26 Å². The van der Waals surface area contributed by atoms with Gasteiger partial charge in [0.15, 0.2) is 0 Å². The van der Waals surface area contributed by atoms with Crippen molar-refractivity contribution >= 4 is 0 Å². The predicted octanol–water partition coefficient (Wildman–Crippen LogP) is 2.17. The molecule has 2 N–H and O–H groups in total. The monoisotopic (exact) mass is 278 g/mol. The Morgan fingerprint density at radius 1 is 1.45 bits per heavy atom. The standard InChI is InChI=1S/C16H26N2O2/c1-16(2)14(10-15(16)19)17-11-12(13-6-5-9-20-13)18-7-3-4-8-18/h5-6,9,12,14-15,17,19H,3-4,7-8,10-11H2,1-2H3. The Kier molecular flexibility index (Phi) is 3.89. The first kappa shape index (κ1) is 14.1. The second-order valence-electron chi connectivity index (χ2n) is 6.81. The molecule has 2 fully saturated rings. The fraction of sp³-hybridized carbons (Fsp3) is 0.750. The minimum absolute atomic E-state index is 0.0152. The first-order chi connectivity index (χ1) is 9.59. The Labute approximate surface area is 121 Å². The maximum atomic E-state index is 9.84. The lowest BCUT2D eigenvalue weighted by atomic mass is 9.64. The van der Waals surface area contributed by atoms with E-state index in [4.69, 9.17) is 4.42 Å². The molecule has 0 spiro atoms. The predicted molar refractivity (Wildman–Crippen MR) is 78.5 cm³/mol. The van der Waals surface area contributed by atoms with Gasteiger partial charge in [-0.05, 0) is 44.5 Å². The van der Waals surface area contributed by atoms with E-state index in [0.29, 0.717) is 12.1 Å². The minimum Gasteiger partial charge on any atom is -0.468 e. The molecule has 2 heterocycles. The number of furan rings is 1. The molecule has 0 amide bonds. The van der Waals surface area contributed by atoms with Crippen LogP contribution in [0.1, 0.15) is 44.9 Å². The average molecular weight is 278 g/mol. The second kappa shape index (κ2) is 5.51. The topological polar surface area (TPSA) is 48.6 Å². The van der Waals surface area contributed by atoms with Crippen molar-refractivity contribution in [1.29, 1.82) is 0 Å². The Morgan fingerprint density at radius 3 is 2.75 bits per heavy atom. The first-order valence-corrected chi connectivity index (χ1v) is 7.78. The molecule has 3 unspecified atom stereocenters. The van der Waals surface area contributed by atoms with Crippen LogP contribution < -0.4 is 5.32 Å². The molecular weight excluding hydrogens is 252 g/mol. The molecule has 1 saturated carbocycles. The summed E-state index contributed by atoms with van der Waals surface area (Å²) in [4.78, 5) is 2.51. The highest BCUT2D eigenvalue weighted by molar-refractivity contribution is 5.08. The van der Waals surface area contributed by atoms with Gasteiger partial charge in [0.2, 0.25) is 0 Å². The van der Waals surface area contributed by atoms with Crippen molar-refractivity contribution in [2.24, 2.45) is 5.41 Å². The lowest BCUT2D eigenvalue weighted by Crippen LogP contribution is -2.60. The summed E-state index contributed by atoms with van der Waals surface area (Å²) in [5.74, 6) is 1.05. The van der Waals surface area contributed by atoms with E-state index in [2.05, 4.69) is 30.1 Å². The Bertz CT molecular complexity index is 424. The van der Waals surface area contributed by atoms with E-state index in [9.17, 15) is 5.11 Å². The van der Waals surface area contributed by atoms with E-state index in [1.165, 1.54) is 12.8 Å². The third-order valence-corrected chi connectivity index (χ3v) is 5.23. The lowest BCUT2D eigenvalue weighted by molar-refractivity contribution is -0.0740. The minimum atomic E-state index is -0.172. The lowest BCUT2D eigenvalue weighted by Gasteiger charge is -2.50. The van der Waals surface area contributed by atoms with Crippen molar-refractivity contribution in [2.45, 2.75) is 51.3 Å². The number of rotatable bonds is 5. The summed E-state index contributed by atoms with van der Waals surface area (Å²) in [5.41, 5.74) is -0.0152. The first-order valence-electron chi connectivity index (χ1n) is 7.78. The Balaban J connectivity index is 1.62. The number of aliphatic hydroxyl groups excluding tert-OH is 1. The fourth-order valence-electron chi connectivity index (χ4n) is 3.45.